The van der Waals surface area contributed by atoms with E-state index in [2.05, 4.69) is 20.3 Å². The molecule has 0 unspecified atom stereocenters. The minimum Gasteiger partial charge on any atom is -0.473 e. The summed E-state index contributed by atoms with van der Waals surface area (Å²) >= 11 is 0. The van der Waals surface area contributed by atoms with Crippen LogP contribution in [-0.4, -0.2) is 38.1 Å². The van der Waals surface area contributed by atoms with E-state index in [4.69, 9.17) is 19.3 Å². The van der Waals surface area contributed by atoms with Gasteiger partial charge in [0.1, 0.15) is 29.9 Å². The third-order valence-electron chi connectivity index (χ3n) is 6.58. The Bertz CT molecular complexity index is 1830. The molecule has 1 saturated heterocycles. The standard InChI is InChI=1S/C26H17F3N6O3.C4H8O/c1-35-23(32-33-26(35)22-11-24(36)34-38-22)9-16-8-20(29)17(10-19(16)28)21-3-2-4-25(31-21)37-13-15-6-5-14(12-30)7-18(15)27;1-2-4-5-3-1/h2-8,10-11H,9,13H2,1H3,(H,34,36);1-4H2. The number of pyridine rings is 1. The molecular weight excluding hydrogens is 565 g/mol. The smallest absolute Gasteiger partial charge is 0.280 e. The van der Waals surface area contributed by atoms with Crippen LogP contribution in [-0.2, 0) is 24.8 Å². The van der Waals surface area contributed by atoms with Crippen molar-refractivity contribution < 1.29 is 27.2 Å². The van der Waals surface area contributed by atoms with Gasteiger partial charge in [0.25, 0.3) is 5.56 Å². The molecule has 0 atom stereocenters. The van der Waals surface area contributed by atoms with Crippen molar-refractivity contribution in [2.24, 2.45) is 7.05 Å². The molecule has 0 aliphatic carbocycles. The molecule has 220 valence electrons. The van der Waals surface area contributed by atoms with Crippen LogP contribution < -0.4 is 10.3 Å². The summed E-state index contributed by atoms with van der Waals surface area (Å²) in [5.74, 6) is -1.20. The van der Waals surface area contributed by atoms with Crippen molar-refractivity contribution in [2.45, 2.75) is 25.9 Å². The van der Waals surface area contributed by atoms with Crippen molar-refractivity contribution in [3.8, 4) is 34.8 Å². The maximum atomic E-state index is 15.1. The third kappa shape index (κ3) is 6.99. The van der Waals surface area contributed by atoms with Crippen LogP contribution in [0.25, 0.3) is 22.8 Å². The van der Waals surface area contributed by atoms with Crippen molar-refractivity contribution in [1.29, 1.82) is 5.26 Å². The van der Waals surface area contributed by atoms with E-state index in [-0.39, 0.29) is 58.4 Å². The summed E-state index contributed by atoms with van der Waals surface area (Å²) in [7, 11) is 1.61. The van der Waals surface area contributed by atoms with Gasteiger partial charge in [-0.2, -0.15) is 10.4 Å². The lowest BCUT2D eigenvalue weighted by molar-refractivity contribution is 0.198. The Balaban J connectivity index is 0.000000668. The van der Waals surface area contributed by atoms with Gasteiger partial charge in [0.15, 0.2) is 0 Å². The molecule has 0 amide bonds. The summed E-state index contributed by atoms with van der Waals surface area (Å²) in [5, 5.41) is 19.0. The molecule has 0 saturated carbocycles. The van der Waals surface area contributed by atoms with E-state index < -0.39 is 23.0 Å². The number of halogens is 3. The SMILES string of the molecule is C1CCOC1.Cn1c(Cc2cc(F)c(-c3cccc(OCc4ccc(C#N)cc4F)n3)cc2F)nnc1-c1cc(=O)[nH]o1. The van der Waals surface area contributed by atoms with E-state index in [9.17, 15) is 9.18 Å². The van der Waals surface area contributed by atoms with Gasteiger partial charge in [-0.3, -0.25) is 4.79 Å². The molecule has 0 bridgehead atoms. The molecule has 13 heteroatoms. The Hall–Kier alpha value is -5.22. The Kier molecular flexibility index (Phi) is 8.97. The fourth-order valence-electron chi connectivity index (χ4n) is 4.25. The van der Waals surface area contributed by atoms with E-state index in [0.717, 1.165) is 31.4 Å². The van der Waals surface area contributed by atoms with Crippen LogP contribution >= 0.6 is 0 Å². The van der Waals surface area contributed by atoms with Crippen LogP contribution in [0.2, 0.25) is 0 Å². The Morgan fingerprint density at radius 1 is 1.00 bits per heavy atom. The number of ether oxygens (including phenoxy) is 2. The highest BCUT2D eigenvalue weighted by Gasteiger charge is 2.19. The van der Waals surface area contributed by atoms with Crippen LogP contribution in [0.5, 0.6) is 5.88 Å². The van der Waals surface area contributed by atoms with Gasteiger partial charge in [-0.05, 0) is 48.7 Å². The molecular formula is C30H25F3N6O4. The minimum absolute atomic E-state index is 0.0347. The number of hydrogen-bond acceptors (Lipinski definition) is 8. The van der Waals surface area contributed by atoms with E-state index in [1.807, 2.05) is 6.07 Å². The molecule has 4 heterocycles. The van der Waals surface area contributed by atoms with Gasteiger partial charge in [-0.1, -0.05) is 12.1 Å². The second kappa shape index (κ2) is 13.2. The lowest BCUT2D eigenvalue weighted by Gasteiger charge is -2.10. The lowest BCUT2D eigenvalue weighted by Crippen LogP contribution is -2.04. The summed E-state index contributed by atoms with van der Waals surface area (Å²) in [4.78, 5) is 15.5. The minimum atomic E-state index is -0.719. The van der Waals surface area contributed by atoms with Crippen molar-refractivity contribution in [3.05, 3.63) is 105 Å². The number of nitrogens with one attached hydrogen (secondary N) is 1. The number of aromatic nitrogens is 5. The zero-order valence-electron chi connectivity index (χ0n) is 22.9. The van der Waals surface area contributed by atoms with Gasteiger partial charge in [-0.25, -0.2) is 18.2 Å². The van der Waals surface area contributed by atoms with Crippen LogP contribution in [0.15, 0.2) is 63.9 Å². The number of nitriles is 1. The van der Waals surface area contributed by atoms with Crippen LogP contribution in [0.3, 0.4) is 0 Å². The van der Waals surface area contributed by atoms with Crippen LogP contribution in [0, 0.1) is 28.8 Å². The zero-order valence-corrected chi connectivity index (χ0v) is 22.9. The van der Waals surface area contributed by atoms with Crippen LogP contribution in [0.4, 0.5) is 13.2 Å². The largest absolute Gasteiger partial charge is 0.473 e. The number of hydrogen-bond donors (Lipinski definition) is 1. The number of H-pyrrole nitrogens is 1. The maximum absolute atomic E-state index is 15.1. The quantitative estimate of drug-likeness (QED) is 0.278. The molecule has 0 spiro atoms. The molecule has 2 aromatic carbocycles. The molecule has 10 nitrogen and oxygen atoms in total. The zero-order chi connectivity index (χ0) is 30.3. The molecule has 1 N–H and O–H groups in total. The monoisotopic (exact) mass is 590 g/mol. The fraction of sp³-hybridized carbons (Fsp3) is 0.233. The molecule has 5 aromatic rings. The first-order valence-corrected chi connectivity index (χ1v) is 13.2. The second-order valence-corrected chi connectivity index (χ2v) is 9.56. The normalized spacial score (nSPS) is 12.4. The molecule has 1 aliphatic rings. The number of benzene rings is 2. The topological polar surface area (TPSA) is 132 Å². The summed E-state index contributed by atoms with van der Waals surface area (Å²) in [6.07, 6.45) is 2.48. The first-order chi connectivity index (χ1) is 20.8. The van der Waals surface area contributed by atoms with E-state index in [1.165, 1.54) is 47.7 Å². The lowest BCUT2D eigenvalue weighted by atomic mass is 10.0. The summed E-state index contributed by atoms with van der Waals surface area (Å²) in [5.41, 5.74) is 0.0118. The number of rotatable bonds is 7. The van der Waals surface area contributed by atoms with Crippen LogP contribution in [0.1, 0.15) is 35.4 Å². The highest BCUT2D eigenvalue weighted by atomic mass is 19.1. The molecule has 0 radical (unpaired) electrons. The summed E-state index contributed by atoms with van der Waals surface area (Å²) in [6, 6.07) is 13.7. The van der Waals surface area contributed by atoms with Crippen molar-refractivity contribution >= 4 is 0 Å². The van der Waals surface area contributed by atoms with Gasteiger partial charge >= 0.3 is 0 Å². The predicted molar refractivity (Wildman–Crippen MR) is 147 cm³/mol. The molecule has 43 heavy (non-hydrogen) atoms. The molecule has 1 fully saturated rings. The van der Waals surface area contributed by atoms with Crippen molar-refractivity contribution in [2.75, 3.05) is 13.2 Å². The van der Waals surface area contributed by atoms with Gasteiger partial charge in [0.2, 0.25) is 17.5 Å². The van der Waals surface area contributed by atoms with Gasteiger partial charge in [-0.15, -0.1) is 10.2 Å². The second-order valence-electron chi connectivity index (χ2n) is 9.56. The average Bonchev–Trinajstić information content (AvgIpc) is 3.79. The summed E-state index contributed by atoms with van der Waals surface area (Å²) in [6.45, 7) is 1.83. The van der Waals surface area contributed by atoms with Crippen molar-refractivity contribution in [1.82, 2.24) is 24.9 Å². The summed E-state index contributed by atoms with van der Waals surface area (Å²) < 4.78 is 61.2. The van der Waals surface area contributed by atoms with E-state index in [1.54, 1.807) is 13.1 Å². The molecule has 3 aromatic heterocycles. The predicted octanol–water partition coefficient (Wildman–Crippen LogP) is 5.08. The highest BCUT2D eigenvalue weighted by molar-refractivity contribution is 5.61. The first-order valence-electron chi connectivity index (χ1n) is 13.2. The first kappa shape index (κ1) is 29.3. The van der Waals surface area contributed by atoms with Gasteiger partial charge in [0, 0.05) is 43.9 Å². The number of nitrogens with zero attached hydrogens (tertiary/aromatic N) is 5. The Labute approximate surface area is 243 Å². The Morgan fingerprint density at radius 2 is 1.79 bits per heavy atom. The Morgan fingerprint density at radius 3 is 2.47 bits per heavy atom. The third-order valence-corrected chi connectivity index (χ3v) is 6.58. The van der Waals surface area contributed by atoms with Crippen molar-refractivity contribution in [3.63, 3.8) is 0 Å². The fourth-order valence-corrected chi connectivity index (χ4v) is 4.25. The van der Waals surface area contributed by atoms with E-state index in [0.29, 0.717) is 5.82 Å². The maximum Gasteiger partial charge on any atom is 0.280 e. The molecule has 1 aliphatic heterocycles. The highest BCUT2D eigenvalue weighted by Crippen LogP contribution is 2.27. The number of aromatic amines is 1. The van der Waals surface area contributed by atoms with Gasteiger partial charge < -0.3 is 18.6 Å². The van der Waals surface area contributed by atoms with E-state index >= 15 is 8.78 Å². The average molecular weight is 591 g/mol. The molecule has 6 rings (SSSR count). The van der Waals surface area contributed by atoms with Gasteiger partial charge in [0.05, 0.1) is 23.4 Å².